The average Bonchev–Trinajstić information content (AvgIpc) is 3.49. The van der Waals surface area contributed by atoms with Crippen molar-refractivity contribution in [3.05, 3.63) is 102 Å². The number of carbonyl (C=O) groups excluding carboxylic acids is 4. The molecule has 59 heavy (non-hydrogen) atoms. The quantitative estimate of drug-likeness (QED) is 0.0786. The molecule has 0 saturated carbocycles. The standard InChI is InChI=1S/C45H55N7O7/c1-27(2)39(41(53)58-43(46)55)49-34-14-7-31(8-15-34)37-25-29(5)45(6,33-12-16-35(17-13-33)50-40(28(3)4)42(54)59-44(47)56)52(37)36-18-9-30(10-19-36)32-11-20-38(48-26-32)51-21-23-57-24-22-51/h7-20,26-29,37,39-40,49-50H,21-25H2,1-6H3,(H2,46,55)(H2,47,56)/t29?,37?,39-,40-,45+/m0/s1. The molecule has 3 heterocycles. The molecule has 5 atom stereocenters. The Hall–Kier alpha value is -6.15. The molecular formula is C45H55N7O7. The number of anilines is 4. The molecule has 14 nitrogen and oxygen atoms in total. The van der Waals surface area contributed by atoms with E-state index in [0.717, 1.165) is 53.3 Å². The van der Waals surface area contributed by atoms with Crippen molar-refractivity contribution in [3.8, 4) is 11.1 Å². The molecule has 2 amide bonds. The highest BCUT2D eigenvalue weighted by molar-refractivity contribution is 5.89. The van der Waals surface area contributed by atoms with E-state index in [2.05, 4.69) is 94.9 Å². The number of rotatable bonds is 13. The Kier molecular flexibility index (Phi) is 13.1. The number of nitrogens with two attached hydrogens (primary N) is 2. The number of carbonyl (C=O) groups is 4. The topological polar surface area (TPSA) is 191 Å². The lowest BCUT2D eigenvalue weighted by molar-refractivity contribution is -0.140. The van der Waals surface area contributed by atoms with Crippen LogP contribution in [0.1, 0.15) is 65.1 Å². The van der Waals surface area contributed by atoms with Crippen molar-refractivity contribution in [2.75, 3.05) is 46.7 Å². The second-order valence-electron chi connectivity index (χ2n) is 16.1. The summed E-state index contributed by atoms with van der Waals surface area (Å²) in [5.41, 5.74) is 16.5. The van der Waals surface area contributed by atoms with Crippen LogP contribution in [0.2, 0.25) is 0 Å². The number of pyridine rings is 1. The summed E-state index contributed by atoms with van der Waals surface area (Å²) in [6.07, 6.45) is 0.479. The van der Waals surface area contributed by atoms with Crippen LogP contribution in [-0.4, -0.2) is 67.5 Å². The average molecular weight is 806 g/mol. The van der Waals surface area contributed by atoms with E-state index >= 15 is 0 Å². The van der Waals surface area contributed by atoms with Crippen molar-refractivity contribution < 1.29 is 33.4 Å². The summed E-state index contributed by atoms with van der Waals surface area (Å²) in [5, 5.41) is 6.43. The Balaban J connectivity index is 1.32. The van der Waals surface area contributed by atoms with Gasteiger partial charge in [-0.3, -0.25) is 0 Å². The minimum atomic E-state index is -1.14. The maximum Gasteiger partial charge on any atom is 0.412 e. The number of esters is 2. The Labute approximate surface area is 345 Å². The lowest BCUT2D eigenvalue weighted by Gasteiger charge is -2.43. The smallest absolute Gasteiger partial charge is 0.378 e. The van der Waals surface area contributed by atoms with Crippen molar-refractivity contribution in [3.63, 3.8) is 0 Å². The van der Waals surface area contributed by atoms with Crippen LogP contribution in [0.3, 0.4) is 0 Å². The molecule has 2 saturated heterocycles. The molecule has 2 aliphatic heterocycles. The van der Waals surface area contributed by atoms with Gasteiger partial charge in [-0.05, 0) is 96.3 Å². The van der Waals surface area contributed by atoms with E-state index < -0.39 is 41.7 Å². The fraction of sp³-hybridized carbons (Fsp3) is 0.400. The van der Waals surface area contributed by atoms with E-state index in [1.165, 1.54) is 0 Å². The normalized spacial score (nSPS) is 20.2. The van der Waals surface area contributed by atoms with Crippen molar-refractivity contribution in [2.45, 2.75) is 71.6 Å². The number of morpholine rings is 1. The van der Waals surface area contributed by atoms with Crippen LogP contribution >= 0.6 is 0 Å². The number of hydrogen-bond acceptors (Lipinski definition) is 12. The minimum absolute atomic E-state index is 0.0308. The van der Waals surface area contributed by atoms with Crippen LogP contribution < -0.4 is 31.9 Å². The summed E-state index contributed by atoms with van der Waals surface area (Å²) >= 11 is 0. The second kappa shape index (κ2) is 18.2. The fourth-order valence-corrected chi connectivity index (χ4v) is 8.12. The van der Waals surface area contributed by atoms with Crippen molar-refractivity contribution in [2.24, 2.45) is 29.2 Å². The molecule has 312 valence electrons. The highest BCUT2D eigenvalue weighted by atomic mass is 16.6. The Morgan fingerprint density at radius 2 is 1.25 bits per heavy atom. The molecule has 2 fully saturated rings. The molecular weight excluding hydrogens is 751 g/mol. The Morgan fingerprint density at radius 1 is 0.746 bits per heavy atom. The summed E-state index contributed by atoms with van der Waals surface area (Å²) in [7, 11) is 0. The molecule has 2 aliphatic rings. The number of nitrogens with one attached hydrogen (secondary N) is 2. The third-order valence-electron chi connectivity index (χ3n) is 11.6. The fourth-order valence-electron chi connectivity index (χ4n) is 8.12. The van der Waals surface area contributed by atoms with E-state index in [9.17, 15) is 19.2 Å². The van der Waals surface area contributed by atoms with Gasteiger partial charge >= 0.3 is 24.1 Å². The first-order valence-electron chi connectivity index (χ1n) is 20.1. The molecule has 14 heteroatoms. The predicted molar refractivity (Wildman–Crippen MR) is 228 cm³/mol. The van der Waals surface area contributed by atoms with Gasteiger partial charge in [-0.25, -0.2) is 24.2 Å². The van der Waals surface area contributed by atoms with E-state index in [4.69, 9.17) is 30.7 Å². The summed E-state index contributed by atoms with van der Waals surface area (Å²) in [5.74, 6) is -0.687. The van der Waals surface area contributed by atoms with Crippen LogP contribution in [0.15, 0.2) is 91.1 Å². The van der Waals surface area contributed by atoms with Gasteiger partial charge in [0.1, 0.15) is 17.9 Å². The lowest BCUT2D eigenvalue weighted by Crippen LogP contribution is -2.43. The van der Waals surface area contributed by atoms with E-state index in [0.29, 0.717) is 24.6 Å². The molecule has 3 aromatic carbocycles. The Morgan fingerprint density at radius 3 is 1.73 bits per heavy atom. The highest BCUT2D eigenvalue weighted by Crippen LogP contribution is 2.54. The molecule has 0 radical (unpaired) electrons. The highest BCUT2D eigenvalue weighted by Gasteiger charge is 2.49. The van der Waals surface area contributed by atoms with Crippen LogP contribution in [0, 0.1) is 17.8 Å². The molecule has 0 aliphatic carbocycles. The van der Waals surface area contributed by atoms with Crippen LogP contribution in [-0.2, 0) is 29.3 Å². The van der Waals surface area contributed by atoms with Gasteiger partial charge in [0.2, 0.25) is 0 Å². The van der Waals surface area contributed by atoms with Crippen LogP contribution in [0.5, 0.6) is 0 Å². The number of amides is 2. The monoisotopic (exact) mass is 805 g/mol. The van der Waals surface area contributed by atoms with Crippen LogP contribution in [0.25, 0.3) is 11.1 Å². The van der Waals surface area contributed by atoms with Gasteiger partial charge in [0.05, 0.1) is 24.8 Å². The van der Waals surface area contributed by atoms with Crippen molar-refractivity contribution in [1.29, 1.82) is 0 Å². The van der Waals surface area contributed by atoms with Gasteiger partial charge in [-0.2, -0.15) is 0 Å². The maximum absolute atomic E-state index is 12.7. The third kappa shape index (κ3) is 9.60. The number of nitrogens with zero attached hydrogens (tertiary/aromatic N) is 3. The van der Waals surface area contributed by atoms with Gasteiger partial charge in [0, 0.05) is 41.9 Å². The molecule has 1 aromatic heterocycles. The molecule has 0 spiro atoms. The number of primary amides is 2. The second-order valence-corrected chi connectivity index (χ2v) is 16.1. The van der Waals surface area contributed by atoms with E-state index in [1.807, 2.05) is 58.2 Å². The van der Waals surface area contributed by atoms with E-state index in [1.54, 1.807) is 0 Å². The summed E-state index contributed by atoms with van der Waals surface area (Å²) < 4.78 is 14.9. The molecule has 0 bridgehead atoms. The van der Waals surface area contributed by atoms with Gasteiger partial charge < -0.3 is 46.1 Å². The predicted octanol–water partition coefficient (Wildman–Crippen LogP) is 7.20. The molecule has 6 N–H and O–H groups in total. The minimum Gasteiger partial charge on any atom is -0.378 e. The summed E-state index contributed by atoms with van der Waals surface area (Å²) in [6.45, 7) is 15.0. The number of aromatic nitrogens is 1. The largest absolute Gasteiger partial charge is 0.412 e. The zero-order valence-electron chi connectivity index (χ0n) is 34.5. The van der Waals surface area contributed by atoms with Gasteiger partial charge in [0.15, 0.2) is 0 Å². The Bertz CT molecular complexity index is 2090. The molecule has 6 rings (SSSR count). The molecule has 4 aromatic rings. The third-order valence-corrected chi connectivity index (χ3v) is 11.6. The van der Waals surface area contributed by atoms with Gasteiger partial charge in [0.25, 0.3) is 0 Å². The van der Waals surface area contributed by atoms with E-state index in [-0.39, 0.29) is 23.8 Å². The van der Waals surface area contributed by atoms with Gasteiger partial charge in [-0.1, -0.05) is 71.0 Å². The number of hydrogen-bond donors (Lipinski definition) is 4. The first-order chi connectivity index (χ1) is 28.1. The maximum atomic E-state index is 12.7. The summed E-state index contributed by atoms with van der Waals surface area (Å²) in [4.78, 5) is 57.4. The zero-order valence-corrected chi connectivity index (χ0v) is 34.5. The van der Waals surface area contributed by atoms with Gasteiger partial charge in [-0.15, -0.1) is 0 Å². The van der Waals surface area contributed by atoms with Crippen molar-refractivity contribution >= 4 is 47.0 Å². The SMILES string of the molecule is CC(C)[C@H](Nc1ccc(C2CC(C)[C@](C)(c3ccc(N[C@H](C(=O)OC(N)=O)C(C)C)cc3)N2c2ccc(-c3ccc(N4CCOCC4)nc3)cc2)cc1)C(=O)OC(N)=O. The number of ether oxygens (including phenoxy) is 3. The summed E-state index contributed by atoms with van der Waals surface area (Å²) in [6, 6.07) is 27.2. The zero-order chi connectivity index (χ0) is 42.4. The van der Waals surface area contributed by atoms with Crippen molar-refractivity contribution in [1.82, 2.24) is 4.98 Å². The molecule has 2 unspecified atom stereocenters. The number of benzene rings is 3. The first-order valence-corrected chi connectivity index (χ1v) is 20.1. The lowest BCUT2D eigenvalue weighted by atomic mass is 9.81. The first kappa shape index (κ1) is 42.5. The van der Waals surface area contributed by atoms with Crippen LogP contribution in [0.4, 0.5) is 32.5 Å².